The summed E-state index contributed by atoms with van der Waals surface area (Å²) >= 11 is 0. The van der Waals surface area contributed by atoms with Crippen LogP contribution in [0.25, 0.3) is 21.8 Å². The molecule has 3 aromatic carbocycles. The predicted octanol–water partition coefficient (Wildman–Crippen LogP) is 2.74. The number of carbonyl (C=O) groups excluding carboxylic acids is 2. The van der Waals surface area contributed by atoms with Crippen LogP contribution < -0.4 is 20.4 Å². The molecule has 1 fully saturated rings. The molecule has 1 saturated heterocycles. The summed E-state index contributed by atoms with van der Waals surface area (Å²) in [5.41, 5.74) is 4.97. The molecule has 1 atom stereocenters. The number of fused-ring (bicyclic) bond motifs is 3. The highest BCUT2D eigenvalue weighted by Gasteiger charge is 2.16. The van der Waals surface area contributed by atoms with E-state index in [-0.39, 0.29) is 24.9 Å². The minimum Gasteiger partial charge on any atom is -0.378 e. The molecular formula is C29H34N5O3+. The van der Waals surface area contributed by atoms with Crippen LogP contribution in [0.3, 0.4) is 0 Å². The van der Waals surface area contributed by atoms with Crippen molar-refractivity contribution in [1.82, 2.24) is 4.57 Å². The van der Waals surface area contributed by atoms with E-state index in [0.29, 0.717) is 0 Å². The third-order valence-electron chi connectivity index (χ3n) is 6.82. The maximum atomic E-state index is 12.7. The third kappa shape index (κ3) is 5.60. The van der Waals surface area contributed by atoms with Gasteiger partial charge in [-0.15, -0.1) is 0 Å². The summed E-state index contributed by atoms with van der Waals surface area (Å²) in [4.78, 5) is 28.4. The van der Waals surface area contributed by atoms with Crippen molar-refractivity contribution in [3.05, 3.63) is 66.7 Å². The molecule has 2 heterocycles. The SMILES string of the molecule is CCn1c2ccccc2c2cc(NC(=O)C[NH+](C)CC(=O)Nc3ccc(N4CCOCC4)cc3)ccc21. The third-order valence-corrected chi connectivity index (χ3v) is 6.82. The fraction of sp³-hybridized carbons (Fsp3) is 0.310. The molecule has 3 N–H and O–H groups in total. The number of nitrogens with zero attached hydrogens (tertiary/aromatic N) is 2. The van der Waals surface area contributed by atoms with Crippen molar-refractivity contribution in [3.63, 3.8) is 0 Å². The van der Waals surface area contributed by atoms with Crippen LogP contribution in [0.5, 0.6) is 0 Å². The first kappa shape index (κ1) is 24.8. The monoisotopic (exact) mass is 500 g/mol. The number of anilines is 3. The quantitative estimate of drug-likeness (QED) is 0.348. The minimum atomic E-state index is -0.127. The molecule has 5 rings (SSSR count). The smallest absolute Gasteiger partial charge is 0.279 e. The number of nitrogens with one attached hydrogen (secondary N) is 3. The van der Waals surface area contributed by atoms with E-state index in [1.54, 1.807) is 0 Å². The van der Waals surface area contributed by atoms with Crippen molar-refractivity contribution in [3.8, 4) is 0 Å². The van der Waals surface area contributed by atoms with Gasteiger partial charge < -0.3 is 29.7 Å². The fourth-order valence-corrected chi connectivity index (χ4v) is 5.07. The first-order valence-corrected chi connectivity index (χ1v) is 12.9. The van der Waals surface area contributed by atoms with Gasteiger partial charge in [0.1, 0.15) is 0 Å². The Bertz CT molecular complexity index is 1410. The molecule has 0 radical (unpaired) electrons. The number of carbonyl (C=O) groups is 2. The van der Waals surface area contributed by atoms with Gasteiger partial charge in [0.15, 0.2) is 13.1 Å². The molecule has 1 aromatic heterocycles. The number of ether oxygens (including phenoxy) is 1. The van der Waals surface area contributed by atoms with Gasteiger partial charge >= 0.3 is 0 Å². The number of benzene rings is 3. The number of quaternary nitrogens is 1. The van der Waals surface area contributed by atoms with E-state index in [1.165, 1.54) is 10.9 Å². The van der Waals surface area contributed by atoms with E-state index in [0.717, 1.165) is 65.7 Å². The highest BCUT2D eigenvalue weighted by Crippen LogP contribution is 2.30. The summed E-state index contributed by atoms with van der Waals surface area (Å²) in [5, 5.41) is 8.23. The van der Waals surface area contributed by atoms with Gasteiger partial charge in [-0.1, -0.05) is 18.2 Å². The Morgan fingerprint density at radius 2 is 1.46 bits per heavy atom. The Hall–Kier alpha value is -3.88. The second kappa shape index (κ2) is 11.0. The van der Waals surface area contributed by atoms with Crippen LogP contribution in [0.2, 0.25) is 0 Å². The molecule has 37 heavy (non-hydrogen) atoms. The zero-order valence-corrected chi connectivity index (χ0v) is 21.4. The number of rotatable bonds is 8. The van der Waals surface area contributed by atoms with E-state index < -0.39 is 0 Å². The van der Waals surface area contributed by atoms with Crippen LogP contribution in [0.4, 0.5) is 17.1 Å². The largest absolute Gasteiger partial charge is 0.378 e. The van der Waals surface area contributed by atoms with Gasteiger partial charge in [0.25, 0.3) is 11.8 Å². The zero-order chi connectivity index (χ0) is 25.8. The highest BCUT2D eigenvalue weighted by molar-refractivity contribution is 6.09. The summed E-state index contributed by atoms with van der Waals surface area (Å²) in [5.74, 6) is -0.253. The van der Waals surface area contributed by atoms with Gasteiger partial charge in [-0.3, -0.25) is 9.59 Å². The van der Waals surface area contributed by atoms with E-state index in [2.05, 4.69) is 45.2 Å². The van der Waals surface area contributed by atoms with Crippen LogP contribution in [0.15, 0.2) is 66.7 Å². The molecule has 0 saturated carbocycles. The van der Waals surface area contributed by atoms with Crippen LogP contribution in [-0.2, 0) is 20.9 Å². The standard InChI is InChI=1S/C29H33N5O3/c1-3-34-26-7-5-4-6-24(26)25-18-22(10-13-27(25)34)31-29(36)20-32(2)19-28(35)30-21-8-11-23(12-9-21)33-14-16-37-17-15-33/h4-13,18H,3,14-17,19-20H2,1-2H3,(H,30,35)(H,31,36)/p+1. The number of likely N-dealkylation sites (N-methyl/N-ethyl adjacent to an activating group) is 1. The maximum absolute atomic E-state index is 12.7. The molecule has 8 nitrogen and oxygen atoms in total. The molecule has 192 valence electrons. The lowest BCUT2D eigenvalue weighted by atomic mass is 10.1. The number of aryl methyl sites for hydroxylation is 1. The highest BCUT2D eigenvalue weighted by atomic mass is 16.5. The molecule has 8 heteroatoms. The number of hydrogen-bond donors (Lipinski definition) is 3. The van der Waals surface area contributed by atoms with E-state index in [1.807, 2.05) is 55.6 Å². The van der Waals surface area contributed by atoms with Crippen LogP contribution in [0, 0.1) is 0 Å². The van der Waals surface area contributed by atoms with Gasteiger partial charge in [0, 0.05) is 58.5 Å². The molecule has 1 aliphatic heterocycles. The molecule has 2 amide bonds. The molecular weight excluding hydrogens is 466 g/mol. The summed E-state index contributed by atoms with van der Waals surface area (Å²) in [7, 11) is 1.85. The van der Waals surface area contributed by atoms with Crippen molar-refractivity contribution in [2.24, 2.45) is 0 Å². The lowest BCUT2D eigenvalue weighted by Crippen LogP contribution is -3.11. The Labute approximate surface area is 216 Å². The van der Waals surface area contributed by atoms with Gasteiger partial charge in [-0.05, 0) is 55.5 Å². The number of hydrogen-bond acceptors (Lipinski definition) is 4. The van der Waals surface area contributed by atoms with Gasteiger partial charge in [0.2, 0.25) is 0 Å². The lowest BCUT2D eigenvalue weighted by molar-refractivity contribution is -0.862. The van der Waals surface area contributed by atoms with Crippen LogP contribution in [-0.4, -0.2) is 62.8 Å². The van der Waals surface area contributed by atoms with Gasteiger partial charge in [-0.25, -0.2) is 0 Å². The predicted molar refractivity (Wildman–Crippen MR) is 148 cm³/mol. The van der Waals surface area contributed by atoms with Crippen molar-refractivity contribution in [2.75, 3.05) is 62.0 Å². The fourth-order valence-electron chi connectivity index (χ4n) is 5.07. The van der Waals surface area contributed by atoms with Crippen LogP contribution in [0.1, 0.15) is 6.92 Å². The summed E-state index contributed by atoms with van der Waals surface area (Å²) in [6.45, 7) is 6.62. The average molecular weight is 501 g/mol. The number of amides is 2. The lowest BCUT2D eigenvalue weighted by Gasteiger charge is -2.28. The first-order chi connectivity index (χ1) is 18.0. The van der Waals surface area contributed by atoms with Crippen molar-refractivity contribution < 1.29 is 19.2 Å². The van der Waals surface area contributed by atoms with Gasteiger partial charge in [0.05, 0.1) is 20.3 Å². The Balaban J connectivity index is 1.15. The van der Waals surface area contributed by atoms with Crippen molar-refractivity contribution >= 4 is 50.7 Å². The normalized spacial score (nSPS) is 14.6. The number of para-hydroxylation sites is 1. The zero-order valence-electron chi connectivity index (χ0n) is 21.4. The minimum absolute atomic E-state index is 0.126. The molecule has 0 bridgehead atoms. The summed E-state index contributed by atoms with van der Waals surface area (Å²) in [6.07, 6.45) is 0. The van der Waals surface area contributed by atoms with E-state index >= 15 is 0 Å². The molecule has 1 aliphatic rings. The molecule has 0 spiro atoms. The van der Waals surface area contributed by atoms with Gasteiger partial charge in [-0.2, -0.15) is 0 Å². The Kier molecular flexibility index (Phi) is 7.39. The Morgan fingerprint density at radius 1 is 0.838 bits per heavy atom. The average Bonchev–Trinajstić information content (AvgIpc) is 3.22. The molecule has 0 aliphatic carbocycles. The number of morpholine rings is 1. The topological polar surface area (TPSA) is 80.0 Å². The van der Waals surface area contributed by atoms with Crippen LogP contribution >= 0.6 is 0 Å². The second-order valence-corrected chi connectivity index (χ2v) is 9.55. The molecule has 1 unspecified atom stereocenters. The van der Waals surface area contributed by atoms with E-state index in [4.69, 9.17) is 4.74 Å². The van der Waals surface area contributed by atoms with Crippen molar-refractivity contribution in [2.45, 2.75) is 13.5 Å². The van der Waals surface area contributed by atoms with E-state index in [9.17, 15) is 9.59 Å². The number of aromatic nitrogens is 1. The summed E-state index contributed by atoms with van der Waals surface area (Å²) in [6, 6.07) is 22.2. The Morgan fingerprint density at radius 3 is 2.16 bits per heavy atom. The first-order valence-electron chi connectivity index (χ1n) is 12.9. The molecule has 4 aromatic rings. The maximum Gasteiger partial charge on any atom is 0.279 e. The summed E-state index contributed by atoms with van der Waals surface area (Å²) < 4.78 is 7.68. The second-order valence-electron chi connectivity index (χ2n) is 9.55. The van der Waals surface area contributed by atoms with Crippen molar-refractivity contribution in [1.29, 1.82) is 0 Å².